The summed E-state index contributed by atoms with van der Waals surface area (Å²) in [5.41, 5.74) is 4.69. The van der Waals surface area contributed by atoms with E-state index in [1.54, 1.807) is 24.3 Å². The highest BCUT2D eigenvalue weighted by atomic mass is 31.0. The molecule has 5 atom stereocenters. The van der Waals surface area contributed by atoms with Gasteiger partial charge in [0.1, 0.15) is 5.75 Å². The van der Waals surface area contributed by atoms with Crippen LogP contribution in [0.1, 0.15) is 65.3 Å². The van der Waals surface area contributed by atoms with Crippen molar-refractivity contribution in [3.05, 3.63) is 58.1 Å². The van der Waals surface area contributed by atoms with Gasteiger partial charge in [0.2, 0.25) is 0 Å². The Labute approximate surface area is 186 Å². The van der Waals surface area contributed by atoms with Crippen molar-refractivity contribution in [1.29, 1.82) is 5.26 Å². The van der Waals surface area contributed by atoms with Gasteiger partial charge in [-0.2, -0.15) is 5.26 Å². The van der Waals surface area contributed by atoms with Crippen LogP contribution in [0.25, 0.3) is 0 Å². The molecular weight excluding hydrogens is 405 g/mol. The van der Waals surface area contributed by atoms with Crippen molar-refractivity contribution in [2.24, 2.45) is 5.41 Å². The number of likely N-dealkylation sites (tertiary alicyclic amines) is 1. The number of nitriles is 1. The number of hydrogen-bond donors (Lipinski definition) is 2. The number of carbonyl (C=O) groups is 1. The molecule has 5 unspecified atom stereocenters. The summed E-state index contributed by atoms with van der Waals surface area (Å²) < 4.78 is 0. The average Bonchev–Trinajstić information content (AvgIpc) is 3.37. The van der Waals surface area contributed by atoms with Crippen molar-refractivity contribution in [2.75, 3.05) is 6.54 Å². The molecule has 31 heavy (non-hydrogen) atoms. The zero-order valence-electron chi connectivity index (χ0n) is 18.6. The number of nitrogens with one attached hydrogen (secondary N) is 1. The van der Waals surface area contributed by atoms with Crippen LogP contribution in [0.15, 0.2) is 30.3 Å². The third kappa shape index (κ3) is 3.43. The largest absolute Gasteiger partial charge is 0.508 e. The lowest BCUT2D eigenvalue weighted by Gasteiger charge is -2.51. The predicted molar refractivity (Wildman–Crippen MR) is 126 cm³/mol. The zero-order valence-corrected chi connectivity index (χ0v) is 19.7. The normalized spacial score (nSPS) is 25.2. The standard InChI is InChI=1S/C25H30N3O2P/c1-5-22-25(13-27-24(30)17-6-7-18(12-26)21(31)10-17)11-23(25)28(22)16(4)19-8-9-20(29)15(3)14(19)2/h6-10,16,22-23,29H,5,11,13,31H2,1-4H3,(H,27,30). The molecule has 0 spiro atoms. The Balaban J connectivity index is 1.45. The van der Waals surface area contributed by atoms with Crippen LogP contribution in [-0.4, -0.2) is 34.5 Å². The summed E-state index contributed by atoms with van der Waals surface area (Å²) in [5, 5.41) is 23.0. The fraction of sp³-hybridized carbons (Fsp3) is 0.440. The molecule has 1 aliphatic heterocycles. The first-order valence-electron chi connectivity index (χ1n) is 10.9. The summed E-state index contributed by atoms with van der Waals surface area (Å²) in [7, 11) is 2.52. The topological polar surface area (TPSA) is 76.4 Å². The van der Waals surface area contributed by atoms with E-state index in [1.165, 1.54) is 5.56 Å². The first-order valence-corrected chi connectivity index (χ1v) is 11.5. The second-order valence-electron chi connectivity index (χ2n) is 9.02. The lowest BCUT2D eigenvalue weighted by atomic mass is 9.81. The summed E-state index contributed by atoms with van der Waals surface area (Å²) >= 11 is 0. The second kappa shape index (κ2) is 7.93. The van der Waals surface area contributed by atoms with Crippen LogP contribution < -0.4 is 10.6 Å². The molecule has 6 heteroatoms. The molecule has 4 rings (SSSR count). The van der Waals surface area contributed by atoms with Crippen LogP contribution in [0.3, 0.4) is 0 Å². The predicted octanol–water partition coefficient (Wildman–Crippen LogP) is 3.73. The van der Waals surface area contributed by atoms with E-state index in [2.05, 4.69) is 46.3 Å². The van der Waals surface area contributed by atoms with Crippen LogP contribution in [0.5, 0.6) is 5.75 Å². The molecule has 2 aromatic carbocycles. The number of rotatable bonds is 6. The smallest absolute Gasteiger partial charge is 0.251 e. The Morgan fingerprint density at radius 2 is 2.10 bits per heavy atom. The van der Waals surface area contributed by atoms with Crippen LogP contribution in [0, 0.1) is 30.6 Å². The summed E-state index contributed by atoms with van der Waals surface area (Å²) in [6.45, 7) is 9.20. The Bertz CT molecular complexity index is 1090. The number of nitrogens with zero attached hydrogens (tertiary/aromatic N) is 2. The first-order chi connectivity index (χ1) is 14.7. The molecule has 1 aliphatic carbocycles. The van der Waals surface area contributed by atoms with E-state index in [-0.39, 0.29) is 17.4 Å². The lowest BCUT2D eigenvalue weighted by molar-refractivity contribution is -0.0226. The molecule has 1 heterocycles. The van der Waals surface area contributed by atoms with E-state index < -0.39 is 0 Å². The molecular formula is C25H30N3O2P. The van der Waals surface area contributed by atoms with Gasteiger partial charge in [-0.1, -0.05) is 13.0 Å². The number of benzene rings is 2. The number of carbonyl (C=O) groups excluding carboxylic acids is 1. The van der Waals surface area contributed by atoms with E-state index in [0.29, 0.717) is 35.5 Å². The maximum absolute atomic E-state index is 12.7. The maximum Gasteiger partial charge on any atom is 0.251 e. The van der Waals surface area contributed by atoms with E-state index in [4.69, 9.17) is 5.26 Å². The third-order valence-electron chi connectivity index (χ3n) is 7.56. The molecule has 2 N–H and O–H groups in total. The summed E-state index contributed by atoms with van der Waals surface area (Å²) in [5.74, 6) is 0.267. The van der Waals surface area contributed by atoms with Gasteiger partial charge < -0.3 is 10.4 Å². The number of phenolic OH excluding ortho intramolecular Hbond substituents is 1. The van der Waals surface area contributed by atoms with Crippen LogP contribution in [-0.2, 0) is 0 Å². The molecule has 0 radical (unpaired) electrons. The lowest BCUT2D eigenvalue weighted by Crippen LogP contribution is -2.59. The molecule has 162 valence electrons. The fourth-order valence-electron chi connectivity index (χ4n) is 5.55. The van der Waals surface area contributed by atoms with E-state index in [0.717, 1.165) is 29.3 Å². The van der Waals surface area contributed by atoms with Crippen molar-refractivity contribution < 1.29 is 9.90 Å². The molecule has 0 bridgehead atoms. The highest BCUT2D eigenvalue weighted by molar-refractivity contribution is 7.27. The Hall–Kier alpha value is -2.41. The summed E-state index contributed by atoms with van der Waals surface area (Å²) in [6.07, 6.45) is 2.15. The third-order valence-corrected chi connectivity index (χ3v) is 8.03. The molecule has 1 saturated heterocycles. The van der Waals surface area contributed by atoms with Crippen molar-refractivity contribution in [1.82, 2.24) is 10.2 Å². The molecule has 1 saturated carbocycles. The van der Waals surface area contributed by atoms with Gasteiger partial charge in [-0.3, -0.25) is 9.69 Å². The first kappa shape index (κ1) is 21.8. The number of aromatic hydroxyl groups is 1. The number of amides is 1. The monoisotopic (exact) mass is 435 g/mol. The molecule has 5 nitrogen and oxygen atoms in total. The van der Waals surface area contributed by atoms with Gasteiger partial charge in [-0.25, -0.2) is 0 Å². The van der Waals surface area contributed by atoms with Crippen LogP contribution >= 0.6 is 9.24 Å². The average molecular weight is 436 g/mol. The zero-order chi connectivity index (χ0) is 22.5. The minimum atomic E-state index is -0.0837. The van der Waals surface area contributed by atoms with Crippen LogP contribution in [0.4, 0.5) is 0 Å². The summed E-state index contributed by atoms with van der Waals surface area (Å²) in [6, 6.07) is 12.3. The maximum atomic E-state index is 12.7. The minimum absolute atomic E-state index is 0.0837. The highest BCUT2D eigenvalue weighted by Crippen LogP contribution is 2.66. The Kier molecular flexibility index (Phi) is 5.58. The number of hydrogen-bond acceptors (Lipinski definition) is 4. The Morgan fingerprint density at radius 3 is 2.74 bits per heavy atom. The van der Waals surface area contributed by atoms with Crippen LogP contribution in [0.2, 0.25) is 0 Å². The van der Waals surface area contributed by atoms with E-state index in [1.807, 2.05) is 13.0 Å². The fourth-order valence-corrected chi connectivity index (χ4v) is 5.89. The van der Waals surface area contributed by atoms with Gasteiger partial charge in [-0.15, -0.1) is 9.24 Å². The number of fused-ring (bicyclic) bond motifs is 1. The van der Waals surface area contributed by atoms with Gasteiger partial charge in [0.05, 0.1) is 11.6 Å². The van der Waals surface area contributed by atoms with Crippen molar-refractivity contribution in [2.45, 2.75) is 58.7 Å². The van der Waals surface area contributed by atoms with Gasteiger partial charge in [-0.05, 0) is 79.9 Å². The second-order valence-corrected chi connectivity index (χ2v) is 9.64. The molecule has 2 aliphatic rings. The minimum Gasteiger partial charge on any atom is -0.508 e. The number of phenols is 1. The van der Waals surface area contributed by atoms with Crippen molar-refractivity contribution in [3.63, 3.8) is 0 Å². The molecule has 0 aromatic heterocycles. The molecule has 2 fully saturated rings. The van der Waals surface area contributed by atoms with Gasteiger partial charge >= 0.3 is 0 Å². The molecule has 2 aromatic rings. The van der Waals surface area contributed by atoms with Gasteiger partial charge in [0, 0.05) is 35.6 Å². The summed E-state index contributed by atoms with van der Waals surface area (Å²) in [4.78, 5) is 15.3. The van der Waals surface area contributed by atoms with Gasteiger partial charge in [0.15, 0.2) is 0 Å². The van der Waals surface area contributed by atoms with Crippen molar-refractivity contribution in [3.8, 4) is 11.8 Å². The SMILES string of the molecule is CCC1N(C(C)c2ccc(O)c(C)c2C)C2CC12CNC(=O)c1ccc(C#N)c(P)c1. The highest BCUT2D eigenvalue weighted by Gasteiger charge is 2.72. The molecule has 1 amide bonds. The quantitative estimate of drug-likeness (QED) is 0.678. The van der Waals surface area contributed by atoms with E-state index >= 15 is 0 Å². The Morgan fingerprint density at radius 1 is 1.35 bits per heavy atom. The van der Waals surface area contributed by atoms with Gasteiger partial charge in [0.25, 0.3) is 5.91 Å². The van der Waals surface area contributed by atoms with Crippen molar-refractivity contribution >= 4 is 20.5 Å². The van der Waals surface area contributed by atoms with E-state index in [9.17, 15) is 9.90 Å².